The second-order valence-electron chi connectivity index (χ2n) is 7.13. The summed E-state index contributed by atoms with van der Waals surface area (Å²) < 4.78 is 10.5. The Morgan fingerprint density at radius 3 is 2.35 bits per heavy atom. The Labute approximate surface area is 191 Å². The van der Waals surface area contributed by atoms with Crippen LogP contribution < -0.4 is 20.1 Å². The lowest BCUT2D eigenvalue weighted by molar-refractivity contribution is -0.114. The maximum atomic E-state index is 13.0. The number of hydrogen-bond acceptors (Lipinski definition) is 5. The lowest BCUT2D eigenvalue weighted by Gasteiger charge is -2.27. The van der Waals surface area contributed by atoms with Crippen LogP contribution in [0.25, 0.3) is 0 Å². The molecule has 1 aliphatic heterocycles. The third kappa shape index (κ3) is 5.74. The van der Waals surface area contributed by atoms with E-state index >= 15 is 0 Å². The Hall–Kier alpha value is -2.64. The van der Waals surface area contributed by atoms with Crippen molar-refractivity contribution in [2.45, 2.75) is 19.3 Å². The van der Waals surface area contributed by atoms with Crippen molar-refractivity contribution in [1.29, 1.82) is 0 Å². The zero-order valence-corrected chi connectivity index (χ0v) is 19.0. The van der Waals surface area contributed by atoms with Crippen LogP contribution in [0.3, 0.4) is 0 Å². The first kappa shape index (κ1) is 23.0. The first-order valence-corrected chi connectivity index (χ1v) is 10.7. The summed E-state index contributed by atoms with van der Waals surface area (Å²) in [4.78, 5) is 27.4. The quantitative estimate of drug-likeness (QED) is 0.619. The number of hydrogen-bond donors (Lipinski definition) is 2. The molecule has 9 heteroatoms. The van der Waals surface area contributed by atoms with Crippen molar-refractivity contribution in [2.24, 2.45) is 0 Å². The SMILES string of the molecule is COc1cc(NC(=O)CNc2cc(Cl)ccc2C(=O)N2CCCCC2)c(OC)cc1Cl. The number of ether oxygens (including phenoxy) is 2. The summed E-state index contributed by atoms with van der Waals surface area (Å²) in [5.41, 5.74) is 1.43. The molecule has 2 N–H and O–H groups in total. The number of likely N-dealkylation sites (tertiary alicyclic amines) is 1. The molecule has 1 fully saturated rings. The van der Waals surface area contributed by atoms with E-state index in [-0.39, 0.29) is 18.4 Å². The minimum atomic E-state index is -0.334. The number of amides is 2. The van der Waals surface area contributed by atoms with E-state index in [1.165, 1.54) is 14.2 Å². The zero-order valence-electron chi connectivity index (χ0n) is 17.5. The van der Waals surface area contributed by atoms with E-state index in [0.717, 1.165) is 32.4 Å². The molecule has 0 bridgehead atoms. The van der Waals surface area contributed by atoms with Gasteiger partial charge < -0.3 is 25.0 Å². The van der Waals surface area contributed by atoms with E-state index in [0.29, 0.717) is 38.5 Å². The Kier molecular flexibility index (Phi) is 7.87. The summed E-state index contributed by atoms with van der Waals surface area (Å²) in [5.74, 6) is 0.417. The minimum absolute atomic E-state index is 0.0663. The van der Waals surface area contributed by atoms with Gasteiger partial charge in [-0.15, -0.1) is 0 Å². The van der Waals surface area contributed by atoms with Gasteiger partial charge in [-0.3, -0.25) is 9.59 Å². The van der Waals surface area contributed by atoms with Crippen molar-refractivity contribution in [3.8, 4) is 11.5 Å². The van der Waals surface area contributed by atoms with Crippen LogP contribution in [-0.2, 0) is 4.79 Å². The molecule has 0 unspecified atom stereocenters. The van der Waals surface area contributed by atoms with Crippen LogP contribution in [0, 0.1) is 0 Å². The van der Waals surface area contributed by atoms with Crippen molar-refractivity contribution < 1.29 is 19.1 Å². The van der Waals surface area contributed by atoms with Gasteiger partial charge >= 0.3 is 0 Å². The van der Waals surface area contributed by atoms with Crippen molar-refractivity contribution in [3.63, 3.8) is 0 Å². The normalized spacial score (nSPS) is 13.5. The van der Waals surface area contributed by atoms with Gasteiger partial charge in [-0.2, -0.15) is 0 Å². The smallest absolute Gasteiger partial charge is 0.255 e. The number of nitrogens with one attached hydrogen (secondary N) is 2. The number of benzene rings is 2. The van der Waals surface area contributed by atoms with Crippen LogP contribution >= 0.6 is 23.2 Å². The number of carbonyl (C=O) groups excluding carboxylic acids is 2. The second-order valence-corrected chi connectivity index (χ2v) is 7.98. The molecule has 3 rings (SSSR count). The average molecular weight is 466 g/mol. The number of methoxy groups -OCH3 is 2. The minimum Gasteiger partial charge on any atom is -0.495 e. The van der Waals surface area contributed by atoms with Crippen LogP contribution in [0.4, 0.5) is 11.4 Å². The molecule has 0 atom stereocenters. The number of anilines is 2. The lowest BCUT2D eigenvalue weighted by atomic mass is 10.1. The number of nitrogens with zero attached hydrogens (tertiary/aromatic N) is 1. The fraction of sp³-hybridized carbons (Fsp3) is 0.364. The molecule has 2 amide bonds. The highest BCUT2D eigenvalue weighted by molar-refractivity contribution is 6.32. The molecule has 31 heavy (non-hydrogen) atoms. The van der Waals surface area contributed by atoms with Crippen LogP contribution in [0.15, 0.2) is 30.3 Å². The number of halogens is 2. The van der Waals surface area contributed by atoms with Crippen molar-refractivity contribution in [1.82, 2.24) is 4.90 Å². The third-order valence-electron chi connectivity index (χ3n) is 5.04. The van der Waals surface area contributed by atoms with Gasteiger partial charge in [0.25, 0.3) is 5.91 Å². The average Bonchev–Trinajstić information content (AvgIpc) is 2.78. The molecule has 1 heterocycles. The molecule has 0 aromatic heterocycles. The third-order valence-corrected chi connectivity index (χ3v) is 5.57. The second kappa shape index (κ2) is 10.6. The predicted octanol–water partition coefficient (Wildman–Crippen LogP) is 4.69. The molecule has 2 aromatic carbocycles. The molecule has 7 nitrogen and oxygen atoms in total. The highest BCUT2D eigenvalue weighted by Crippen LogP contribution is 2.35. The first-order valence-electron chi connectivity index (χ1n) is 9.97. The van der Waals surface area contributed by atoms with Gasteiger partial charge in [0.15, 0.2) is 0 Å². The predicted molar refractivity (Wildman–Crippen MR) is 123 cm³/mol. The van der Waals surface area contributed by atoms with Gasteiger partial charge in [-0.05, 0) is 37.5 Å². The number of carbonyl (C=O) groups is 2. The van der Waals surface area contributed by atoms with Crippen molar-refractivity contribution in [3.05, 3.63) is 45.9 Å². The van der Waals surface area contributed by atoms with Gasteiger partial charge in [0, 0.05) is 35.9 Å². The topological polar surface area (TPSA) is 79.9 Å². The number of rotatable bonds is 7. The fourth-order valence-corrected chi connectivity index (χ4v) is 3.85. The van der Waals surface area contributed by atoms with Crippen molar-refractivity contribution >= 4 is 46.4 Å². The summed E-state index contributed by atoms with van der Waals surface area (Å²) in [7, 11) is 2.97. The van der Waals surface area contributed by atoms with Gasteiger partial charge in [0.05, 0.1) is 37.0 Å². The Balaban J connectivity index is 1.72. The highest BCUT2D eigenvalue weighted by Gasteiger charge is 2.21. The Morgan fingerprint density at radius 2 is 1.68 bits per heavy atom. The van der Waals surface area contributed by atoms with Gasteiger partial charge in [-0.1, -0.05) is 23.2 Å². The molecule has 0 saturated carbocycles. The highest BCUT2D eigenvalue weighted by atomic mass is 35.5. The summed E-state index contributed by atoms with van der Waals surface area (Å²) in [5, 5.41) is 6.64. The maximum Gasteiger partial charge on any atom is 0.255 e. The van der Waals surface area contributed by atoms with Crippen LogP contribution in [0.5, 0.6) is 11.5 Å². The first-order chi connectivity index (χ1) is 14.9. The maximum absolute atomic E-state index is 13.0. The van der Waals surface area contributed by atoms with Gasteiger partial charge in [0.2, 0.25) is 5.91 Å². The lowest BCUT2D eigenvalue weighted by Crippen LogP contribution is -2.36. The molecular weight excluding hydrogens is 441 g/mol. The summed E-state index contributed by atoms with van der Waals surface area (Å²) >= 11 is 12.2. The van der Waals surface area contributed by atoms with Gasteiger partial charge in [-0.25, -0.2) is 0 Å². The molecule has 1 aliphatic rings. The standard InChI is InChI=1S/C22H25Cl2N3O4/c1-30-19-12-18(20(31-2)11-16(19)24)26-21(28)13-25-17-10-14(23)6-7-15(17)22(29)27-8-4-3-5-9-27/h6-7,10-12,25H,3-5,8-9,13H2,1-2H3,(H,26,28). The largest absolute Gasteiger partial charge is 0.495 e. The van der Waals surface area contributed by atoms with Crippen LogP contribution in [-0.4, -0.2) is 50.6 Å². The van der Waals surface area contributed by atoms with E-state index in [4.69, 9.17) is 32.7 Å². The van der Waals surface area contributed by atoms with Crippen LogP contribution in [0.2, 0.25) is 10.0 Å². The molecule has 1 saturated heterocycles. The van der Waals surface area contributed by atoms with E-state index in [9.17, 15) is 9.59 Å². The Morgan fingerprint density at radius 1 is 0.968 bits per heavy atom. The number of piperidine rings is 1. The molecule has 0 spiro atoms. The summed E-state index contributed by atoms with van der Waals surface area (Å²) in [6.45, 7) is 1.40. The van der Waals surface area contributed by atoms with Crippen molar-refractivity contribution in [2.75, 3.05) is 44.5 Å². The van der Waals surface area contributed by atoms with Gasteiger partial charge in [0.1, 0.15) is 11.5 Å². The zero-order chi connectivity index (χ0) is 22.4. The van der Waals surface area contributed by atoms with E-state index in [1.807, 2.05) is 4.90 Å². The van der Waals surface area contributed by atoms with E-state index in [2.05, 4.69) is 10.6 Å². The molecule has 2 aromatic rings. The van der Waals surface area contributed by atoms with E-state index < -0.39 is 0 Å². The summed E-state index contributed by atoms with van der Waals surface area (Å²) in [6, 6.07) is 8.17. The fourth-order valence-electron chi connectivity index (χ4n) is 3.44. The molecule has 166 valence electrons. The summed E-state index contributed by atoms with van der Waals surface area (Å²) in [6.07, 6.45) is 3.13. The van der Waals surface area contributed by atoms with E-state index in [1.54, 1.807) is 30.3 Å². The molecule has 0 aliphatic carbocycles. The Bertz CT molecular complexity index is 962. The molecule has 0 radical (unpaired) electrons. The molecular formula is C22H25Cl2N3O4. The monoisotopic (exact) mass is 465 g/mol. The van der Waals surface area contributed by atoms with Crippen LogP contribution in [0.1, 0.15) is 29.6 Å².